The fourth-order valence-electron chi connectivity index (χ4n) is 1.51. The summed E-state index contributed by atoms with van der Waals surface area (Å²) in [5.41, 5.74) is -0.0424. The van der Waals surface area contributed by atoms with Crippen LogP contribution in [0.2, 0.25) is 0 Å². The summed E-state index contributed by atoms with van der Waals surface area (Å²) in [5, 5.41) is 2.83. The van der Waals surface area contributed by atoms with Crippen LogP contribution in [0.15, 0.2) is 42.5 Å². The predicted octanol–water partition coefficient (Wildman–Crippen LogP) is 3.85. The van der Waals surface area contributed by atoms with E-state index in [0.29, 0.717) is 11.4 Å². The Morgan fingerprint density at radius 3 is 2.26 bits per heavy atom. The molecule has 2 rings (SSSR count). The molecule has 0 unspecified atom stereocenters. The second-order valence-corrected chi connectivity index (χ2v) is 3.89. The highest BCUT2D eigenvalue weighted by atomic mass is 19.4. The molecule has 2 aromatic rings. The molecule has 0 atom stereocenters. The summed E-state index contributed by atoms with van der Waals surface area (Å²) in [5.74, 6) is -0.280. The van der Waals surface area contributed by atoms with Gasteiger partial charge in [-0.3, -0.25) is 0 Å². The minimum atomic E-state index is -4.34. The van der Waals surface area contributed by atoms with E-state index in [0.717, 1.165) is 12.1 Å². The number of hydrogen-bond donors (Lipinski definition) is 1. The lowest BCUT2D eigenvalue weighted by Gasteiger charge is -2.08. The third kappa shape index (κ3) is 3.67. The molecule has 1 N–H and O–H groups in total. The quantitative estimate of drug-likeness (QED) is 0.677. The van der Waals surface area contributed by atoms with Gasteiger partial charge in [-0.2, -0.15) is 17.6 Å². The Labute approximate surface area is 107 Å². The van der Waals surface area contributed by atoms with E-state index in [2.05, 4.69) is 10.3 Å². The van der Waals surface area contributed by atoms with Crippen LogP contribution in [-0.2, 0) is 12.7 Å². The molecule has 0 fully saturated rings. The summed E-state index contributed by atoms with van der Waals surface area (Å²) in [6.45, 7) is 0.272. The van der Waals surface area contributed by atoms with E-state index >= 15 is 0 Å². The van der Waals surface area contributed by atoms with E-state index in [9.17, 15) is 17.6 Å². The molecule has 2 nitrogen and oxygen atoms in total. The van der Waals surface area contributed by atoms with Gasteiger partial charge in [0, 0.05) is 6.54 Å². The van der Waals surface area contributed by atoms with Crippen molar-refractivity contribution in [2.45, 2.75) is 12.7 Å². The zero-order valence-corrected chi connectivity index (χ0v) is 9.71. The molecule has 0 aliphatic heterocycles. The summed E-state index contributed by atoms with van der Waals surface area (Å²) in [6, 6.07) is 9.05. The Hall–Kier alpha value is -2.11. The van der Waals surface area contributed by atoms with Gasteiger partial charge >= 0.3 is 6.18 Å². The molecule has 0 amide bonds. The first-order valence-electron chi connectivity index (χ1n) is 5.48. The number of nitrogens with zero attached hydrogens (tertiary/aromatic N) is 1. The highest BCUT2D eigenvalue weighted by Gasteiger charge is 2.29. The van der Waals surface area contributed by atoms with E-state index in [1.807, 2.05) is 0 Å². The molecular weight excluding hydrogens is 260 g/mol. The second kappa shape index (κ2) is 5.26. The van der Waals surface area contributed by atoms with Gasteiger partial charge in [0.15, 0.2) is 0 Å². The number of nitrogens with one attached hydrogen (secondary N) is 1. The minimum Gasteiger partial charge on any atom is -0.366 e. The maximum absolute atomic E-state index is 12.8. The Balaban J connectivity index is 2.01. The molecule has 1 heterocycles. The van der Waals surface area contributed by atoms with Crippen LogP contribution in [0.25, 0.3) is 0 Å². The van der Waals surface area contributed by atoms with Crippen LogP contribution in [0.3, 0.4) is 0 Å². The number of anilines is 1. The topological polar surface area (TPSA) is 24.9 Å². The summed E-state index contributed by atoms with van der Waals surface area (Å²) in [7, 11) is 0. The van der Waals surface area contributed by atoms with E-state index < -0.39 is 17.7 Å². The smallest absolute Gasteiger partial charge is 0.366 e. The summed E-state index contributed by atoms with van der Waals surface area (Å²) in [4.78, 5) is 3.59. The van der Waals surface area contributed by atoms with Crippen molar-refractivity contribution in [3.05, 3.63) is 59.5 Å². The third-order valence-electron chi connectivity index (χ3n) is 2.47. The number of pyridine rings is 1. The van der Waals surface area contributed by atoms with Gasteiger partial charge < -0.3 is 5.32 Å². The zero-order chi connectivity index (χ0) is 13.9. The Morgan fingerprint density at radius 1 is 1.00 bits per heavy atom. The lowest BCUT2D eigenvalue weighted by Crippen LogP contribution is -2.06. The summed E-state index contributed by atoms with van der Waals surface area (Å²) in [6.07, 6.45) is -4.34. The van der Waals surface area contributed by atoms with Gasteiger partial charge in [-0.05, 0) is 29.8 Å². The van der Waals surface area contributed by atoms with Gasteiger partial charge in [-0.15, -0.1) is 0 Å². The monoisotopic (exact) mass is 270 g/mol. The Morgan fingerprint density at radius 2 is 1.68 bits per heavy atom. The number of hydrogen-bond acceptors (Lipinski definition) is 2. The van der Waals surface area contributed by atoms with Crippen molar-refractivity contribution >= 4 is 5.82 Å². The zero-order valence-electron chi connectivity index (χ0n) is 9.71. The minimum absolute atomic E-state index is 0.272. The first kappa shape index (κ1) is 13.3. The van der Waals surface area contributed by atoms with Gasteiger partial charge in [-0.1, -0.05) is 18.2 Å². The largest absolute Gasteiger partial charge is 0.416 e. The lowest BCUT2D eigenvalue weighted by atomic mass is 10.1. The van der Waals surface area contributed by atoms with Crippen molar-refractivity contribution in [1.82, 2.24) is 4.98 Å². The van der Waals surface area contributed by atoms with E-state index in [4.69, 9.17) is 0 Å². The molecule has 0 saturated heterocycles. The van der Waals surface area contributed by atoms with Gasteiger partial charge in [0.1, 0.15) is 5.82 Å². The van der Waals surface area contributed by atoms with Crippen molar-refractivity contribution in [3.8, 4) is 0 Å². The molecule has 0 aliphatic rings. The van der Waals surface area contributed by atoms with Crippen LogP contribution in [0.1, 0.15) is 11.1 Å². The first-order valence-corrected chi connectivity index (χ1v) is 5.48. The second-order valence-electron chi connectivity index (χ2n) is 3.89. The van der Waals surface area contributed by atoms with Gasteiger partial charge in [0.2, 0.25) is 5.95 Å². The maximum Gasteiger partial charge on any atom is 0.416 e. The SMILES string of the molecule is Fc1cccc(NCc2ccc(C(F)(F)F)cc2)n1. The fourth-order valence-corrected chi connectivity index (χ4v) is 1.51. The van der Waals surface area contributed by atoms with Gasteiger partial charge in [0.05, 0.1) is 5.56 Å². The third-order valence-corrected chi connectivity index (χ3v) is 2.47. The van der Waals surface area contributed by atoms with E-state index in [-0.39, 0.29) is 6.54 Å². The lowest BCUT2D eigenvalue weighted by molar-refractivity contribution is -0.137. The molecule has 0 aliphatic carbocycles. The molecule has 0 radical (unpaired) electrons. The molecule has 19 heavy (non-hydrogen) atoms. The van der Waals surface area contributed by atoms with Crippen LogP contribution in [0.5, 0.6) is 0 Å². The normalized spacial score (nSPS) is 11.4. The molecule has 0 bridgehead atoms. The average molecular weight is 270 g/mol. The summed E-state index contributed by atoms with van der Waals surface area (Å²) >= 11 is 0. The number of halogens is 4. The predicted molar refractivity (Wildman–Crippen MR) is 63.0 cm³/mol. The molecule has 6 heteroatoms. The number of alkyl halides is 3. The van der Waals surface area contributed by atoms with Crippen LogP contribution in [0, 0.1) is 5.95 Å². The van der Waals surface area contributed by atoms with Crippen molar-refractivity contribution in [2.24, 2.45) is 0 Å². The van der Waals surface area contributed by atoms with E-state index in [1.54, 1.807) is 6.07 Å². The first-order chi connectivity index (χ1) is 8.95. The van der Waals surface area contributed by atoms with Crippen LogP contribution in [0.4, 0.5) is 23.4 Å². The van der Waals surface area contributed by atoms with Crippen molar-refractivity contribution in [1.29, 1.82) is 0 Å². The maximum atomic E-state index is 12.8. The van der Waals surface area contributed by atoms with Crippen LogP contribution < -0.4 is 5.32 Å². The fraction of sp³-hybridized carbons (Fsp3) is 0.154. The number of benzene rings is 1. The van der Waals surface area contributed by atoms with E-state index in [1.165, 1.54) is 24.3 Å². The Kier molecular flexibility index (Phi) is 3.69. The number of aromatic nitrogens is 1. The molecule has 100 valence electrons. The number of rotatable bonds is 3. The summed E-state index contributed by atoms with van der Waals surface area (Å²) < 4.78 is 49.8. The molecule has 0 spiro atoms. The molecule has 1 aromatic heterocycles. The van der Waals surface area contributed by atoms with Crippen LogP contribution in [-0.4, -0.2) is 4.98 Å². The average Bonchev–Trinajstić information content (AvgIpc) is 2.36. The van der Waals surface area contributed by atoms with Crippen molar-refractivity contribution in [2.75, 3.05) is 5.32 Å². The van der Waals surface area contributed by atoms with Crippen molar-refractivity contribution in [3.63, 3.8) is 0 Å². The highest BCUT2D eigenvalue weighted by molar-refractivity contribution is 5.35. The molecule has 1 aromatic carbocycles. The molecule has 0 saturated carbocycles. The highest BCUT2D eigenvalue weighted by Crippen LogP contribution is 2.29. The standard InChI is InChI=1S/C13H10F4N2/c14-11-2-1-3-12(19-11)18-8-9-4-6-10(7-5-9)13(15,16)17/h1-7H,8H2,(H,18,19). The van der Waals surface area contributed by atoms with Crippen molar-refractivity contribution < 1.29 is 17.6 Å². The van der Waals surface area contributed by atoms with Gasteiger partial charge in [0.25, 0.3) is 0 Å². The van der Waals surface area contributed by atoms with Crippen LogP contribution >= 0.6 is 0 Å². The molecular formula is C13H10F4N2. The Bertz CT molecular complexity index is 549. The van der Waals surface area contributed by atoms with Gasteiger partial charge in [-0.25, -0.2) is 4.98 Å².